The van der Waals surface area contributed by atoms with Gasteiger partial charge in [-0.05, 0) is 38.1 Å². The predicted molar refractivity (Wildman–Crippen MR) is 121 cm³/mol. The molecule has 1 aliphatic carbocycles. The Bertz CT molecular complexity index is 970. The summed E-state index contributed by atoms with van der Waals surface area (Å²) in [5.41, 5.74) is 15.4. The minimum absolute atomic E-state index is 0.0548. The Hall–Kier alpha value is -3.38. The Morgan fingerprint density at radius 2 is 2.16 bits per heavy atom. The zero-order valence-electron chi connectivity index (χ0n) is 17.6. The molecule has 1 fully saturated rings. The van der Waals surface area contributed by atoms with Crippen molar-refractivity contribution in [3.05, 3.63) is 36.0 Å². The van der Waals surface area contributed by atoms with Crippen LogP contribution < -0.4 is 32.8 Å². The Labute approximate surface area is 184 Å². The first-order valence-electron chi connectivity index (χ1n) is 10.2. The summed E-state index contributed by atoms with van der Waals surface area (Å²) >= 11 is 0. The highest BCUT2D eigenvalue weighted by atomic mass is 19.3. The van der Waals surface area contributed by atoms with Gasteiger partial charge in [-0.3, -0.25) is 10.2 Å². The maximum absolute atomic E-state index is 14.0. The van der Waals surface area contributed by atoms with Gasteiger partial charge >= 0.3 is 0 Å². The quantitative estimate of drug-likeness (QED) is 0.251. The van der Waals surface area contributed by atoms with Crippen LogP contribution in [0.2, 0.25) is 0 Å². The fourth-order valence-electron chi connectivity index (χ4n) is 3.31. The first kappa shape index (κ1) is 23.3. The lowest BCUT2D eigenvalue weighted by Crippen LogP contribution is -2.55. The van der Waals surface area contributed by atoms with Gasteiger partial charge in [-0.1, -0.05) is 6.07 Å². The SMILES string of the molecule is CNC/C=N\Nc1cccc(Nc2nc(N[C@@H]3CCCC(F)(F)[C@@H]3N)ncc2C(N)=O)c1. The lowest BCUT2D eigenvalue weighted by molar-refractivity contribution is -0.0555. The third kappa shape index (κ3) is 5.86. The number of carbonyl (C=O) groups is 1. The molecule has 2 atom stereocenters. The van der Waals surface area contributed by atoms with Gasteiger partial charge in [0, 0.05) is 31.1 Å². The summed E-state index contributed by atoms with van der Waals surface area (Å²) in [6.45, 7) is 0.611. The summed E-state index contributed by atoms with van der Waals surface area (Å²) in [5.74, 6) is -3.48. The van der Waals surface area contributed by atoms with E-state index in [1.54, 1.807) is 24.4 Å². The number of carbonyl (C=O) groups excluding carboxylic acids is 1. The van der Waals surface area contributed by atoms with Crippen molar-refractivity contribution in [2.24, 2.45) is 16.6 Å². The van der Waals surface area contributed by atoms with Crippen molar-refractivity contribution in [1.82, 2.24) is 15.3 Å². The largest absolute Gasteiger partial charge is 0.365 e. The second-order valence-corrected chi connectivity index (χ2v) is 7.44. The topological polar surface area (TPSA) is 155 Å². The van der Waals surface area contributed by atoms with Gasteiger partial charge in [0.15, 0.2) is 0 Å². The molecule has 0 unspecified atom stereocenters. The number of primary amides is 1. The van der Waals surface area contributed by atoms with Crippen molar-refractivity contribution in [3.63, 3.8) is 0 Å². The molecule has 1 aromatic carbocycles. The van der Waals surface area contributed by atoms with Crippen LogP contribution >= 0.6 is 0 Å². The number of aromatic nitrogens is 2. The van der Waals surface area contributed by atoms with E-state index in [4.69, 9.17) is 11.5 Å². The van der Waals surface area contributed by atoms with Crippen LogP contribution in [0.4, 0.5) is 31.9 Å². The first-order valence-corrected chi connectivity index (χ1v) is 10.2. The van der Waals surface area contributed by atoms with Gasteiger partial charge in [-0.25, -0.2) is 13.8 Å². The van der Waals surface area contributed by atoms with Crippen LogP contribution in [0, 0.1) is 0 Å². The number of benzene rings is 1. The summed E-state index contributed by atoms with van der Waals surface area (Å²) in [7, 11) is 1.81. The number of anilines is 4. The van der Waals surface area contributed by atoms with Gasteiger partial charge in [0.25, 0.3) is 11.8 Å². The molecular weight excluding hydrogens is 420 g/mol. The van der Waals surface area contributed by atoms with E-state index in [9.17, 15) is 13.6 Å². The van der Waals surface area contributed by atoms with E-state index < -0.39 is 23.9 Å². The van der Waals surface area contributed by atoms with Crippen LogP contribution in [-0.2, 0) is 0 Å². The van der Waals surface area contributed by atoms with E-state index >= 15 is 0 Å². The molecule has 1 heterocycles. The van der Waals surface area contributed by atoms with E-state index in [2.05, 4.69) is 36.4 Å². The number of nitrogens with zero attached hydrogens (tertiary/aromatic N) is 3. The van der Waals surface area contributed by atoms with Gasteiger partial charge in [0.1, 0.15) is 11.4 Å². The maximum Gasteiger partial charge on any atom is 0.264 e. The van der Waals surface area contributed by atoms with Crippen molar-refractivity contribution >= 4 is 35.3 Å². The van der Waals surface area contributed by atoms with Crippen LogP contribution in [0.5, 0.6) is 0 Å². The molecule has 3 rings (SSSR count). The first-order chi connectivity index (χ1) is 15.3. The molecule has 1 amide bonds. The van der Waals surface area contributed by atoms with Gasteiger partial charge in [-0.15, -0.1) is 0 Å². The molecule has 10 nitrogen and oxygen atoms in total. The number of amides is 1. The van der Waals surface area contributed by atoms with E-state index in [0.717, 1.165) is 0 Å². The number of alkyl halides is 2. The molecule has 0 aliphatic heterocycles. The molecule has 0 saturated heterocycles. The van der Waals surface area contributed by atoms with E-state index in [-0.39, 0.29) is 23.8 Å². The van der Waals surface area contributed by atoms with Gasteiger partial charge in [0.05, 0.1) is 17.8 Å². The zero-order chi connectivity index (χ0) is 23.1. The Morgan fingerprint density at radius 1 is 1.38 bits per heavy atom. The van der Waals surface area contributed by atoms with E-state index in [1.807, 2.05) is 13.1 Å². The molecule has 2 aromatic rings. The Balaban J connectivity index is 1.79. The number of hydrazone groups is 1. The van der Waals surface area contributed by atoms with Crippen LogP contribution in [0.1, 0.15) is 29.6 Å². The Kier molecular flexibility index (Phi) is 7.49. The lowest BCUT2D eigenvalue weighted by Gasteiger charge is -2.35. The minimum atomic E-state index is -2.97. The van der Waals surface area contributed by atoms with Crippen molar-refractivity contribution in [2.45, 2.75) is 37.3 Å². The normalized spacial score (nSPS) is 20.1. The molecule has 0 radical (unpaired) electrons. The lowest BCUT2D eigenvalue weighted by atomic mass is 9.87. The van der Waals surface area contributed by atoms with Crippen molar-refractivity contribution in [3.8, 4) is 0 Å². The van der Waals surface area contributed by atoms with Gasteiger partial charge < -0.3 is 27.4 Å². The molecule has 1 saturated carbocycles. The highest BCUT2D eigenvalue weighted by molar-refractivity contribution is 5.98. The molecule has 32 heavy (non-hydrogen) atoms. The summed E-state index contributed by atoms with van der Waals surface area (Å²) in [5, 5.41) is 12.9. The number of hydrogen-bond acceptors (Lipinski definition) is 9. The standard InChI is InChI=1S/C20H27F2N9O/c1-25-8-9-27-31-13-5-2-4-12(10-13)28-18-14(17(24)32)11-26-19(30-18)29-15-6-3-7-20(21,22)16(15)23/h2,4-5,9-11,15-16,25,31H,3,6-8,23H2,1H3,(H2,24,32)(H2,26,28,29,30)/b27-9-/t15-,16-/m1/s1. The van der Waals surface area contributed by atoms with E-state index in [1.165, 1.54) is 6.20 Å². The maximum atomic E-state index is 14.0. The van der Waals surface area contributed by atoms with Crippen LogP contribution in [0.3, 0.4) is 0 Å². The van der Waals surface area contributed by atoms with Crippen LogP contribution in [-0.4, -0.2) is 53.7 Å². The third-order valence-electron chi connectivity index (χ3n) is 5.02. The second kappa shape index (κ2) is 10.3. The average Bonchev–Trinajstić information content (AvgIpc) is 2.75. The average molecular weight is 447 g/mol. The number of halogens is 2. The molecule has 1 aliphatic rings. The predicted octanol–water partition coefficient (Wildman–Crippen LogP) is 1.86. The van der Waals surface area contributed by atoms with Crippen molar-refractivity contribution in [2.75, 3.05) is 29.7 Å². The van der Waals surface area contributed by atoms with Crippen LogP contribution in [0.15, 0.2) is 35.6 Å². The zero-order valence-corrected chi connectivity index (χ0v) is 17.6. The molecular formula is C20H27F2N9O. The number of rotatable bonds is 9. The molecule has 8 N–H and O–H groups in total. The molecule has 12 heteroatoms. The number of nitrogens with two attached hydrogens (primary N) is 2. The fraction of sp³-hybridized carbons (Fsp3) is 0.400. The molecule has 172 valence electrons. The molecule has 1 aromatic heterocycles. The van der Waals surface area contributed by atoms with Gasteiger partial charge in [0.2, 0.25) is 5.95 Å². The van der Waals surface area contributed by atoms with Crippen molar-refractivity contribution < 1.29 is 13.6 Å². The highest BCUT2D eigenvalue weighted by Gasteiger charge is 2.44. The van der Waals surface area contributed by atoms with E-state index in [0.29, 0.717) is 30.8 Å². The summed E-state index contributed by atoms with van der Waals surface area (Å²) in [4.78, 5) is 20.2. The fourth-order valence-corrected chi connectivity index (χ4v) is 3.31. The van der Waals surface area contributed by atoms with Crippen molar-refractivity contribution in [1.29, 1.82) is 0 Å². The summed E-state index contributed by atoms with van der Waals surface area (Å²) in [6.07, 6.45) is 3.47. The number of nitrogens with one attached hydrogen (secondary N) is 4. The monoisotopic (exact) mass is 447 g/mol. The number of hydrogen-bond donors (Lipinski definition) is 6. The minimum Gasteiger partial charge on any atom is -0.365 e. The molecule has 0 bridgehead atoms. The third-order valence-corrected chi connectivity index (χ3v) is 5.02. The summed E-state index contributed by atoms with van der Waals surface area (Å²) in [6, 6.07) is 5.06. The summed E-state index contributed by atoms with van der Waals surface area (Å²) < 4.78 is 27.9. The smallest absolute Gasteiger partial charge is 0.264 e. The Morgan fingerprint density at radius 3 is 2.91 bits per heavy atom. The van der Waals surface area contributed by atoms with Gasteiger partial charge in [-0.2, -0.15) is 10.1 Å². The molecule has 0 spiro atoms. The second-order valence-electron chi connectivity index (χ2n) is 7.44. The highest BCUT2D eigenvalue weighted by Crippen LogP contribution is 2.33. The van der Waals surface area contributed by atoms with Crippen LogP contribution in [0.25, 0.3) is 0 Å².